The molecule has 0 amide bonds. The van der Waals surface area contributed by atoms with Crippen LogP contribution in [-0.2, 0) is 13.1 Å². The highest BCUT2D eigenvalue weighted by molar-refractivity contribution is 5.28. The molecule has 0 saturated heterocycles. The van der Waals surface area contributed by atoms with E-state index >= 15 is 0 Å². The first-order valence-corrected chi connectivity index (χ1v) is 6.28. The lowest BCUT2D eigenvalue weighted by molar-refractivity contribution is 0.340. The van der Waals surface area contributed by atoms with Crippen molar-refractivity contribution in [2.24, 2.45) is 0 Å². The van der Waals surface area contributed by atoms with Crippen LogP contribution in [-0.4, -0.2) is 22.9 Å². The SMILES string of the molecule is CCOc1cccc(CNCCn2cccn2)c1. The number of aromatic nitrogens is 2. The van der Waals surface area contributed by atoms with Crippen molar-refractivity contribution in [2.45, 2.75) is 20.0 Å². The lowest BCUT2D eigenvalue weighted by Crippen LogP contribution is -2.19. The van der Waals surface area contributed by atoms with Gasteiger partial charge in [-0.25, -0.2) is 0 Å². The number of hydrogen-bond acceptors (Lipinski definition) is 3. The van der Waals surface area contributed by atoms with Gasteiger partial charge < -0.3 is 10.1 Å². The summed E-state index contributed by atoms with van der Waals surface area (Å²) in [6.07, 6.45) is 3.77. The second-order valence-electron chi connectivity index (χ2n) is 4.03. The summed E-state index contributed by atoms with van der Waals surface area (Å²) in [5.41, 5.74) is 1.24. The average molecular weight is 245 g/mol. The molecule has 0 aliphatic rings. The molecule has 4 heteroatoms. The van der Waals surface area contributed by atoms with Crippen LogP contribution in [0.5, 0.6) is 5.75 Å². The molecule has 0 bridgehead atoms. The predicted octanol–water partition coefficient (Wildman–Crippen LogP) is 2.07. The quantitative estimate of drug-likeness (QED) is 0.759. The Bertz CT molecular complexity index is 454. The first kappa shape index (κ1) is 12.6. The highest BCUT2D eigenvalue weighted by Gasteiger charge is 1.96. The molecule has 18 heavy (non-hydrogen) atoms. The molecule has 0 aliphatic heterocycles. The molecule has 0 radical (unpaired) electrons. The smallest absolute Gasteiger partial charge is 0.119 e. The number of benzene rings is 1. The summed E-state index contributed by atoms with van der Waals surface area (Å²) < 4.78 is 7.39. The highest BCUT2D eigenvalue weighted by Crippen LogP contribution is 2.12. The van der Waals surface area contributed by atoms with E-state index in [2.05, 4.69) is 22.5 Å². The van der Waals surface area contributed by atoms with Crippen molar-refractivity contribution in [3.8, 4) is 5.75 Å². The molecule has 4 nitrogen and oxygen atoms in total. The van der Waals surface area contributed by atoms with Gasteiger partial charge in [0, 0.05) is 25.5 Å². The Morgan fingerprint density at radius 2 is 2.28 bits per heavy atom. The molecular weight excluding hydrogens is 226 g/mol. The van der Waals surface area contributed by atoms with Gasteiger partial charge in [-0.3, -0.25) is 4.68 Å². The van der Waals surface area contributed by atoms with Gasteiger partial charge in [-0.15, -0.1) is 0 Å². The van der Waals surface area contributed by atoms with Crippen molar-refractivity contribution in [1.82, 2.24) is 15.1 Å². The van der Waals surface area contributed by atoms with Gasteiger partial charge >= 0.3 is 0 Å². The Hall–Kier alpha value is -1.81. The molecule has 1 heterocycles. The Morgan fingerprint density at radius 3 is 3.06 bits per heavy atom. The van der Waals surface area contributed by atoms with Gasteiger partial charge in [0.25, 0.3) is 0 Å². The van der Waals surface area contributed by atoms with E-state index in [1.807, 2.05) is 36.0 Å². The normalized spacial score (nSPS) is 10.5. The van der Waals surface area contributed by atoms with E-state index in [-0.39, 0.29) is 0 Å². The van der Waals surface area contributed by atoms with Gasteiger partial charge in [0.1, 0.15) is 5.75 Å². The second kappa shape index (κ2) is 6.81. The summed E-state index contributed by atoms with van der Waals surface area (Å²) in [6, 6.07) is 10.1. The first-order valence-electron chi connectivity index (χ1n) is 6.28. The molecule has 0 unspecified atom stereocenters. The number of ether oxygens (including phenoxy) is 1. The first-order chi connectivity index (χ1) is 8.88. The third-order valence-corrected chi connectivity index (χ3v) is 2.62. The van der Waals surface area contributed by atoms with Crippen LogP contribution in [0.1, 0.15) is 12.5 Å². The van der Waals surface area contributed by atoms with Gasteiger partial charge in [0.2, 0.25) is 0 Å². The maximum Gasteiger partial charge on any atom is 0.119 e. The molecule has 2 rings (SSSR count). The van der Waals surface area contributed by atoms with Crippen LogP contribution in [0, 0.1) is 0 Å². The summed E-state index contributed by atoms with van der Waals surface area (Å²) in [5, 5.41) is 7.55. The maximum atomic E-state index is 5.47. The molecule has 0 spiro atoms. The zero-order valence-corrected chi connectivity index (χ0v) is 10.7. The molecule has 0 fully saturated rings. The van der Waals surface area contributed by atoms with Crippen LogP contribution in [0.15, 0.2) is 42.7 Å². The molecule has 2 aromatic rings. The lowest BCUT2D eigenvalue weighted by Gasteiger charge is -2.07. The minimum Gasteiger partial charge on any atom is -0.494 e. The second-order valence-corrected chi connectivity index (χ2v) is 4.03. The van der Waals surface area contributed by atoms with Crippen molar-refractivity contribution in [2.75, 3.05) is 13.2 Å². The van der Waals surface area contributed by atoms with Crippen LogP contribution in [0.4, 0.5) is 0 Å². The van der Waals surface area contributed by atoms with Gasteiger partial charge in [0.05, 0.1) is 13.2 Å². The molecule has 1 aromatic carbocycles. The largest absolute Gasteiger partial charge is 0.494 e. The molecule has 96 valence electrons. The zero-order valence-electron chi connectivity index (χ0n) is 10.7. The van der Waals surface area contributed by atoms with E-state index in [0.29, 0.717) is 6.61 Å². The maximum absolute atomic E-state index is 5.47. The van der Waals surface area contributed by atoms with Crippen LogP contribution in [0.2, 0.25) is 0 Å². The molecule has 0 saturated carbocycles. The number of nitrogens with zero attached hydrogens (tertiary/aromatic N) is 2. The Balaban J connectivity index is 1.74. The minimum absolute atomic E-state index is 0.705. The monoisotopic (exact) mass is 245 g/mol. The van der Waals surface area contributed by atoms with Crippen LogP contribution in [0.3, 0.4) is 0 Å². The van der Waals surface area contributed by atoms with E-state index in [1.54, 1.807) is 6.20 Å². The van der Waals surface area contributed by atoms with Crippen LogP contribution in [0.25, 0.3) is 0 Å². The van der Waals surface area contributed by atoms with E-state index in [4.69, 9.17) is 4.74 Å². The van der Waals surface area contributed by atoms with E-state index in [9.17, 15) is 0 Å². The van der Waals surface area contributed by atoms with Crippen LogP contribution < -0.4 is 10.1 Å². The summed E-state index contributed by atoms with van der Waals surface area (Å²) in [6.45, 7) is 5.34. The minimum atomic E-state index is 0.705. The topological polar surface area (TPSA) is 39.1 Å². The van der Waals surface area contributed by atoms with Crippen molar-refractivity contribution in [3.63, 3.8) is 0 Å². The third-order valence-electron chi connectivity index (χ3n) is 2.62. The van der Waals surface area contributed by atoms with Crippen molar-refractivity contribution < 1.29 is 4.74 Å². The molecule has 0 atom stereocenters. The Morgan fingerprint density at radius 1 is 1.33 bits per heavy atom. The standard InChI is InChI=1S/C14H19N3O/c1-2-18-14-6-3-5-13(11-14)12-15-8-10-17-9-4-7-16-17/h3-7,9,11,15H,2,8,10,12H2,1H3. The number of hydrogen-bond donors (Lipinski definition) is 1. The molecule has 0 aliphatic carbocycles. The Labute approximate surface area is 108 Å². The Kier molecular flexibility index (Phi) is 4.78. The van der Waals surface area contributed by atoms with Gasteiger partial charge in [0.15, 0.2) is 0 Å². The molecular formula is C14H19N3O. The fourth-order valence-electron chi connectivity index (χ4n) is 1.77. The summed E-state index contributed by atoms with van der Waals surface area (Å²) >= 11 is 0. The summed E-state index contributed by atoms with van der Waals surface area (Å²) in [7, 11) is 0. The average Bonchev–Trinajstić information content (AvgIpc) is 2.89. The fraction of sp³-hybridized carbons (Fsp3) is 0.357. The molecule has 1 N–H and O–H groups in total. The number of rotatable bonds is 7. The van der Waals surface area contributed by atoms with E-state index < -0.39 is 0 Å². The van der Waals surface area contributed by atoms with Crippen molar-refractivity contribution >= 4 is 0 Å². The summed E-state index contributed by atoms with van der Waals surface area (Å²) in [4.78, 5) is 0. The summed E-state index contributed by atoms with van der Waals surface area (Å²) in [5.74, 6) is 0.934. The number of nitrogens with one attached hydrogen (secondary N) is 1. The van der Waals surface area contributed by atoms with Crippen molar-refractivity contribution in [3.05, 3.63) is 48.3 Å². The van der Waals surface area contributed by atoms with Gasteiger partial charge in [-0.1, -0.05) is 12.1 Å². The predicted molar refractivity (Wildman–Crippen MR) is 71.5 cm³/mol. The van der Waals surface area contributed by atoms with Crippen LogP contribution >= 0.6 is 0 Å². The highest BCUT2D eigenvalue weighted by atomic mass is 16.5. The fourth-order valence-corrected chi connectivity index (χ4v) is 1.77. The van der Waals surface area contributed by atoms with Crippen molar-refractivity contribution in [1.29, 1.82) is 0 Å². The lowest BCUT2D eigenvalue weighted by atomic mass is 10.2. The van der Waals surface area contributed by atoms with E-state index in [0.717, 1.165) is 25.4 Å². The van der Waals surface area contributed by atoms with Gasteiger partial charge in [-0.05, 0) is 30.7 Å². The third kappa shape index (κ3) is 3.89. The molecule has 1 aromatic heterocycles. The van der Waals surface area contributed by atoms with E-state index in [1.165, 1.54) is 5.56 Å². The zero-order chi connectivity index (χ0) is 12.6. The van der Waals surface area contributed by atoms with Gasteiger partial charge in [-0.2, -0.15) is 5.10 Å².